The summed E-state index contributed by atoms with van der Waals surface area (Å²) >= 11 is 0. The van der Waals surface area contributed by atoms with Gasteiger partial charge in [0.25, 0.3) is 0 Å². The Kier molecular flexibility index (Phi) is 6.76. The standard InChI is InChI=1S/C10H12N3.C4H9.W/c1-10(2,3)9-4-7-5-12-13-8(7)6-11-9;1-4(2)3;/h4-5H,1-3H3,(H,12,13);1-3H3;/q2*-1;+2. The Morgan fingerprint density at radius 1 is 1.22 bits per heavy atom. The van der Waals surface area contributed by atoms with Crippen LogP contribution in [0.25, 0.3) is 10.9 Å². The Labute approximate surface area is 124 Å². The summed E-state index contributed by atoms with van der Waals surface area (Å²) in [5.74, 6) is 1.42. The summed E-state index contributed by atoms with van der Waals surface area (Å²) < 4.78 is 0. The second kappa shape index (κ2) is 7.03. The number of nitrogens with one attached hydrogen (secondary N) is 1. The molecule has 0 aromatic carbocycles. The van der Waals surface area contributed by atoms with Gasteiger partial charge in [0.2, 0.25) is 0 Å². The quantitative estimate of drug-likeness (QED) is 0.668. The van der Waals surface area contributed by atoms with Crippen LogP contribution in [0, 0.1) is 12.1 Å². The SMILES string of the molecule is CC(C)(C)c1cc2cn[nH]c2[c-]n1.C[C-](C)C.[W+2]. The number of aromatic nitrogens is 3. The molecule has 0 amide bonds. The molecule has 0 bridgehead atoms. The Bertz CT molecular complexity index is 466. The first-order valence-corrected chi connectivity index (χ1v) is 5.80. The van der Waals surface area contributed by atoms with E-state index in [0.717, 1.165) is 16.6 Å². The maximum atomic E-state index is 4.25. The Morgan fingerprint density at radius 3 is 2.28 bits per heavy atom. The number of pyridine rings is 1. The van der Waals surface area contributed by atoms with Crippen LogP contribution >= 0.6 is 0 Å². The number of fused-ring (bicyclic) bond motifs is 1. The van der Waals surface area contributed by atoms with Crippen molar-refractivity contribution >= 4 is 10.9 Å². The van der Waals surface area contributed by atoms with Gasteiger partial charge in [0.1, 0.15) is 0 Å². The number of rotatable bonds is 0. The minimum atomic E-state index is 0. The smallest absolute Gasteiger partial charge is 0.388 e. The molecule has 0 aliphatic rings. The predicted molar refractivity (Wildman–Crippen MR) is 71.7 cm³/mol. The summed E-state index contributed by atoms with van der Waals surface area (Å²) in [6, 6.07) is 2.05. The second-order valence-electron chi connectivity index (χ2n) is 5.70. The van der Waals surface area contributed by atoms with Crippen molar-refractivity contribution in [3.8, 4) is 0 Å². The van der Waals surface area contributed by atoms with Crippen molar-refractivity contribution in [2.45, 2.75) is 47.0 Å². The molecule has 1 N–H and O–H groups in total. The molecule has 0 atom stereocenters. The van der Waals surface area contributed by atoms with Crippen LogP contribution in [0.15, 0.2) is 12.3 Å². The third-order valence-electron chi connectivity index (χ3n) is 2.02. The number of H-pyrrole nitrogens is 1. The van der Waals surface area contributed by atoms with Crippen molar-refractivity contribution in [2.75, 3.05) is 0 Å². The van der Waals surface area contributed by atoms with Gasteiger partial charge < -0.3 is 16.0 Å². The van der Waals surface area contributed by atoms with Crippen LogP contribution in [-0.2, 0) is 26.5 Å². The van der Waals surface area contributed by atoms with Gasteiger partial charge in [0.05, 0.1) is 0 Å². The van der Waals surface area contributed by atoms with E-state index >= 15 is 0 Å². The molecule has 3 nitrogen and oxygen atoms in total. The van der Waals surface area contributed by atoms with Crippen molar-refractivity contribution in [3.63, 3.8) is 0 Å². The Hall–Kier alpha value is -0.692. The van der Waals surface area contributed by atoms with E-state index in [1.807, 2.05) is 0 Å². The molecule has 2 rings (SSSR count). The average Bonchev–Trinajstić information content (AvgIpc) is 2.61. The van der Waals surface area contributed by atoms with E-state index in [1.165, 1.54) is 5.92 Å². The molecule has 4 heteroatoms. The minimum Gasteiger partial charge on any atom is -0.388 e. The molecule has 2 aromatic rings. The van der Waals surface area contributed by atoms with E-state index in [1.54, 1.807) is 6.20 Å². The molecule has 2 aromatic heterocycles. The van der Waals surface area contributed by atoms with Crippen molar-refractivity contribution in [1.82, 2.24) is 15.2 Å². The van der Waals surface area contributed by atoms with Crippen LogP contribution in [-0.4, -0.2) is 15.2 Å². The third-order valence-corrected chi connectivity index (χ3v) is 2.02. The van der Waals surface area contributed by atoms with Crippen molar-refractivity contribution in [3.05, 3.63) is 30.1 Å². The molecule has 0 saturated heterocycles. The van der Waals surface area contributed by atoms with Gasteiger partial charge >= 0.3 is 21.1 Å². The van der Waals surface area contributed by atoms with Gasteiger partial charge in [0, 0.05) is 6.20 Å². The summed E-state index contributed by atoms with van der Waals surface area (Å²) in [5, 5.41) is 7.83. The normalized spacial score (nSPS) is 10.8. The van der Waals surface area contributed by atoms with Gasteiger partial charge in [-0.15, -0.1) is 6.07 Å². The maximum Gasteiger partial charge on any atom is 2.00 e. The molecule has 0 unspecified atom stereocenters. The van der Waals surface area contributed by atoms with Crippen molar-refractivity contribution < 1.29 is 21.1 Å². The predicted octanol–water partition coefficient (Wildman–Crippen LogP) is 3.67. The van der Waals surface area contributed by atoms with Crippen molar-refractivity contribution in [2.24, 2.45) is 0 Å². The van der Waals surface area contributed by atoms with Gasteiger partial charge in [0.15, 0.2) is 0 Å². The molecule has 2 heterocycles. The van der Waals surface area contributed by atoms with E-state index in [-0.39, 0.29) is 26.5 Å². The fourth-order valence-corrected chi connectivity index (χ4v) is 1.17. The zero-order valence-electron chi connectivity index (χ0n) is 12.0. The largest absolute Gasteiger partial charge is 2.00 e. The molecule has 0 radical (unpaired) electrons. The van der Waals surface area contributed by atoms with Crippen LogP contribution < -0.4 is 0 Å². The maximum absolute atomic E-state index is 4.25. The second-order valence-corrected chi connectivity index (χ2v) is 5.70. The third kappa shape index (κ3) is 5.30. The Morgan fingerprint density at radius 2 is 1.78 bits per heavy atom. The molecular weight excluding hydrogens is 394 g/mol. The van der Waals surface area contributed by atoms with Crippen LogP contribution in [0.4, 0.5) is 0 Å². The molecule has 0 aliphatic heterocycles. The van der Waals surface area contributed by atoms with E-state index in [4.69, 9.17) is 0 Å². The fraction of sp³-hybridized carbons (Fsp3) is 0.500. The first-order chi connectivity index (χ1) is 7.80. The molecule has 0 fully saturated rings. The fourth-order valence-electron chi connectivity index (χ4n) is 1.17. The Balaban J connectivity index is 0.000000512. The summed E-state index contributed by atoms with van der Waals surface area (Å²) in [7, 11) is 0. The topological polar surface area (TPSA) is 41.6 Å². The van der Waals surface area contributed by atoms with E-state index in [2.05, 4.69) is 69.0 Å². The zero-order valence-corrected chi connectivity index (χ0v) is 14.9. The van der Waals surface area contributed by atoms with Crippen molar-refractivity contribution in [1.29, 1.82) is 0 Å². The van der Waals surface area contributed by atoms with E-state index in [9.17, 15) is 0 Å². The van der Waals surface area contributed by atoms with Gasteiger partial charge in [-0.3, -0.25) is 0 Å². The van der Waals surface area contributed by atoms with Crippen LogP contribution in [0.2, 0.25) is 0 Å². The molecular formula is C14H21N3W. The van der Waals surface area contributed by atoms with E-state index in [0.29, 0.717) is 0 Å². The van der Waals surface area contributed by atoms with Gasteiger partial charge in [-0.1, -0.05) is 38.0 Å². The summed E-state index contributed by atoms with van der Waals surface area (Å²) in [6.07, 6.45) is 4.73. The number of hydrogen-bond acceptors (Lipinski definition) is 2. The monoisotopic (exact) mass is 415 g/mol. The van der Waals surface area contributed by atoms with E-state index < -0.39 is 0 Å². The molecule has 0 aliphatic carbocycles. The molecule has 18 heavy (non-hydrogen) atoms. The van der Waals surface area contributed by atoms with Crippen LogP contribution in [0.1, 0.15) is 47.2 Å². The number of nitrogens with zero attached hydrogens (tertiary/aromatic N) is 2. The first-order valence-electron chi connectivity index (χ1n) is 5.80. The molecule has 98 valence electrons. The number of hydrogen-bond donors (Lipinski definition) is 1. The van der Waals surface area contributed by atoms with Gasteiger partial charge in [-0.05, 0) is 10.9 Å². The number of aromatic amines is 1. The molecule has 0 spiro atoms. The first kappa shape index (κ1) is 17.3. The van der Waals surface area contributed by atoms with Crippen LogP contribution in [0.5, 0.6) is 0 Å². The average molecular weight is 415 g/mol. The van der Waals surface area contributed by atoms with Gasteiger partial charge in [-0.2, -0.15) is 25.9 Å². The minimum absolute atomic E-state index is 0. The molecule has 0 saturated carbocycles. The van der Waals surface area contributed by atoms with Gasteiger partial charge in [-0.25, -0.2) is 0 Å². The summed E-state index contributed by atoms with van der Waals surface area (Å²) in [6.45, 7) is 12.7. The zero-order chi connectivity index (χ0) is 13.1. The van der Waals surface area contributed by atoms with Crippen LogP contribution in [0.3, 0.4) is 0 Å². The summed E-state index contributed by atoms with van der Waals surface area (Å²) in [4.78, 5) is 4.25. The summed E-state index contributed by atoms with van der Waals surface area (Å²) in [5.41, 5.74) is 1.98.